The van der Waals surface area contributed by atoms with Crippen molar-refractivity contribution in [2.24, 2.45) is 0 Å². The van der Waals surface area contributed by atoms with Gasteiger partial charge >= 0.3 is 0 Å². The molecular formula is C10H9N3O3. The average Bonchev–Trinajstić information content (AvgIpc) is 2.60. The molecule has 0 radical (unpaired) electrons. The Morgan fingerprint density at radius 1 is 1.31 bits per heavy atom. The second-order valence-corrected chi connectivity index (χ2v) is 3.37. The van der Waals surface area contributed by atoms with Crippen LogP contribution >= 0.6 is 0 Å². The fourth-order valence-electron chi connectivity index (χ4n) is 1.37. The molecule has 16 heavy (non-hydrogen) atoms. The summed E-state index contributed by atoms with van der Waals surface area (Å²) >= 11 is 0. The minimum atomic E-state index is -0.480. The fraction of sp³-hybridized carbons (Fsp3) is 0.100. The number of nitro groups is 1. The fourth-order valence-corrected chi connectivity index (χ4v) is 1.37. The highest BCUT2D eigenvalue weighted by Gasteiger charge is 2.07. The first-order chi connectivity index (χ1) is 7.59. The van der Waals surface area contributed by atoms with E-state index in [1.54, 1.807) is 13.1 Å². The van der Waals surface area contributed by atoms with Gasteiger partial charge in [-0.3, -0.25) is 20.0 Å². The molecule has 0 aliphatic rings. The predicted molar refractivity (Wildman–Crippen MR) is 57.8 cm³/mol. The molecule has 0 unspecified atom stereocenters. The van der Waals surface area contributed by atoms with Crippen molar-refractivity contribution in [3.63, 3.8) is 0 Å². The standard InChI is InChI=1S/C10H9N3O3/c1-7-6-11-12(10(7)14)8-2-4-9(5-3-8)13(15)16/h2-6,11H,1H3. The van der Waals surface area contributed by atoms with Gasteiger partial charge in [-0.1, -0.05) is 0 Å². The van der Waals surface area contributed by atoms with E-state index < -0.39 is 4.92 Å². The summed E-state index contributed by atoms with van der Waals surface area (Å²) in [5.74, 6) is 0. The summed E-state index contributed by atoms with van der Waals surface area (Å²) in [6.45, 7) is 1.70. The van der Waals surface area contributed by atoms with Gasteiger partial charge in [-0.15, -0.1) is 0 Å². The van der Waals surface area contributed by atoms with Crippen LogP contribution < -0.4 is 5.56 Å². The van der Waals surface area contributed by atoms with Crippen LogP contribution in [0, 0.1) is 17.0 Å². The number of hydrogen-bond donors (Lipinski definition) is 1. The van der Waals surface area contributed by atoms with Crippen molar-refractivity contribution in [1.82, 2.24) is 9.78 Å². The Labute approximate surface area is 90.3 Å². The highest BCUT2D eigenvalue weighted by atomic mass is 16.6. The van der Waals surface area contributed by atoms with E-state index in [9.17, 15) is 14.9 Å². The van der Waals surface area contributed by atoms with Crippen molar-refractivity contribution in [2.75, 3.05) is 0 Å². The SMILES string of the molecule is Cc1c[nH]n(-c2ccc([N+](=O)[O-])cc2)c1=O. The van der Waals surface area contributed by atoms with Crippen molar-refractivity contribution in [2.45, 2.75) is 6.92 Å². The number of aromatic amines is 1. The lowest BCUT2D eigenvalue weighted by atomic mass is 10.3. The van der Waals surface area contributed by atoms with E-state index in [0.29, 0.717) is 11.3 Å². The molecule has 0 amide bonds. The Morgan fingerprint density at radius 3 is 2.38 bits per heavy atom. The maximum atomic E-state index is 11.6. The van der Waals surface area contributed by atoms with Gasteiger partial charge in [0.25, 0.3) is 11.2 Å². The molecule has 1 heterocycles. The number of aryl methyl sites for hydroxylation is 1. The summed E-state index contributed by atoms with van der Waals surface area (Å²) in [4.78, 5) is 21.6. The Balaban J connectivity index is 2.46. The summed E-state index contributed by atoms with van der Waals surface area (Å²) in [7, 11) is 0. The molecule has 0 aliphatic heterocycles. The molecule has 82 valence electrons. The third-order valence-corrected chi connectivity index (χ3v) is 2.27. The van der Waals surface area contributed by atoms with Crippen LogP contribution in [-0.4, -0.2) is 14.7 Å². The van der Waals surface area contributed by atoms with Crippen LogP contribution in [0.3, 0.4) is 0 Å². The Bertz CT molecular complexity index is 580. The molecular weight excluding hydrogens is 210 g/mol. The first-order valence-electron chi connectivity index (χ1n) is 4.61. The van der Waals surface area contributed by atoms with Crippen molar-refractivity contribution in [3.05, 3.63) is 56.5 Å². The van der Waals surface area contributed by atoms with Crippen molar-refractivity contribution in [1.29, 1.82) is 0 Å². The van der Waals surface area contributed by atoms with Gasteiger partial charge in [-0.25, -0.2) is 4.68 Å². The molecule has 0 aliphatic carbocycles. The number of nitrogens with zero attached hydrogens (tertiary/aromatic N) is 2. The van der Waals surface area contributed by atoms with E-state index in [4.69, 9.17) is 0 Å². The van der Waals surface area contributed by atoms with Gasteiger partial charge in [0.1, 0.15) is 0 Å². The van der Waals surface area contributed by atoms with Gasteiger partial charge in [0, 0.05) is 23.9 Å². The molecule has 0 bridgehead atoms. The van der Waals surface area contributed by atoms with Crippen LogP contribution in [0.25, 0.3) is 5.69 Å². The number of nitrogens with one attached hydrogen (secondary N) is 1. The van der Waals surface area contributed by atoms with E-state index in [1.165, 1.54) is 28.9 Å². The maximum absolute atomic E-state index is 11.6. The number of rotatable bonds is 2. The second-order valence-electron chi connectivity index (χ2n) is 3.37. The van der Waals surface area contributed by atoms with E-state index in [2.05, 4.69) is 5.10 Å². The van der Waals surface area contributed by atoms with Gasteiger partial charge < -0.3 is 0 Å². The van der Waals surface area contributed by atoms with Gasteiger partial charge in [0.2, 0.25) is 0 Å². The van der Waals surface area contributed by atoms with Gasteiger partial charge in [-0.2, -0.15) is 0 Å². The van der Waals surface area contributed by atoms with Crippen molar-refractivity contribution in [3.8, 4) is 5.69 Å². The third-order valence-electron chi connectivity index (χ3n) is 2.27. The molecule has 6 heteroatoms. The summed E-state index contributed by atoms with van der Waals surface area (Å²) < 4.78 is 1.33. The topological polar surface area (TPSA) is 80.9 Å². The number of hydrogen-bond acceptors (Lipinski definition) is 3. The van der Waals surface area contributed by atoms with Gasteiger partial charge in [0.15, 0.2) is 0 Å². The molecule has 0 saturated heterocycles. The van der Waals surface area contributed by atoms with E-state index in [1.807, 2.05) is 0 Å². The molecule has 2 rings (SSSR count). The van der Waals surface area contributed by atoms with Crippen LogP contribution in [0.5, 0.6) is 0 Å². The van der Waals surface area contributed by atoms with E-state index in [-0.39, 0.29) is 11.2 Å². The maximum Gasteiger partial charge on any atom is 0.274 e. The van der Waals surface area contributed by atoms with Crippen LogP contribution in [0.15, 0.2) is 35.3 Å². The zero-order valence-electron chi connectivity index (χ0n) is 8.51. The molecule has 1 aromatic heterocycles. The smallest absolute Gasteiger partial charge is 0.274 e. The van der Waals surface area contributed by atoms with Crippen LogP contribution in [0.2, 0.25) is 0 Å². The van der Waals surface area contributed by atoms with E-state index >= 15 is 0 Å². The van der Waals surface area contributed by atoms with Crippen LogP contribution in [-0.2, 0) is 0 Å². The first kappa shape index (κ1) is 10.2. The molecule has 0 fully saturated rings. The Kier molecular flexibility index (Phi) is 2.32. The number of nitro benzene ring substituents is 1. The molecule has 1 N–H and O–H groups in total. The third kappa shape index (κ3) is 1.60. The summed E-state index contributed by atoms with van der Waals surface area (Å²) in [6, 6.07) is 5.76. The zero-order valence-corrected chi connectivity index (χ0v) is 8.51. The van der Waals surface area contributed by atoms with Crippen LogP contribution in [0.4, 0.5) is 5.69 Å². The number of H-pyrrole nitrogens is 1. The monoisotopic (exact) mass is 219 g/mol. The lowest BCUT2D eigenvalue weighted by Gasteiger charge is -2.00. The number of aromatic nitrogens is 2. The van der Waals surface area contributed by atoms with Crippen LogP contribution in [0.1, 0.15) is 5.56 Å². The van der Waals surface area contributed by atoms with Gasteiger partial charge in [0.05, 0.1) is 10.6 Å². The van der Waals surface area contributed by atoms with Crippen molar-refractivity contribution >= 4 is 5.69 Å². The lowest BCUT2D eigenvalue weighted by molar-refractivity contribution is -0.384. The first-order valence-corrected chi connectivity index (χ1v) is 4.61. The predicted octanol–water partition coefficient (Wildman–Crippen LogP) is 1.38. The minimum absolute atomic E-state index is 0.0000713. The Hall–Kier alpha value is -2.37. The van der Waals surface area contributed by atoms with E-state index in [0.717, 1.165) is 0 Å². The molecule has 2 aromatic rings. The molecule has 1 aromatic carbocycles. The highest BCUT2D eigenvalue weighted by molar-refractivity contribution is 5.40. The largest absolute Gasteiger partial charge is 0.298 e. The normalized spacial score (nSPS) is 10.3. The summed E-state index contributed by atoms with van der Waals surface area (Å²) in [5.41, 5.74) is 1.01. The molecule has 6 nitrogen and oxygen atoms in total. The lowest BCUT2D eigenvalue weighted by Crippen LogP contribution is -2.15. The molecule has 0 spiro atoms. The zero-order chi connectivity index (χ0) is 11.7. The molecule has 0 saturated carbocycles. The summed E-state index contributed by atoms with van der Waals surface area (Å²) in [6.07, 6.45) is 1.59. The highest BCUT2D eigenvalue weighted by Crippen LogP contribution is 2.13. The minimum Gasteiger partial charge on any atom is -0.298 e. The average molecular weight is 219 g/mol. The molecule has 0 atom stereocenters. The van der Waals surface area contributed by atoms with Gasteiger partial charge in [-0.05, 0) is 19.1 Å². The number of benzene rings is 1. The summed E-state index contributed by atoms with van der Waals surface area (Å²) in [5, 5.41) is 13.2. The quantitative estimate of drug-likeness (QED) is 0.612. The van der Waals surface area contributed by atoms with Crippen molar-refractivity contribution < 1.29 is 4.92 Å². The second kappa shape index (κ2) is 3.65. The Morgan fingerprint density at radius 2 is 1.94 bits per heavy atom. The number of non-ortho nitro benzene ring substituents is 1.